The monoisotopic (exact) mass is 689 g/mol. The minimum Gasteiger partial charge on any atom is -0.382 e. The number of halogens is 1. The molecule has 7 rings (SSSR count). The minimum atomic E-state index is -4.27. The highest BCUT2D eigenvalue weighted by Gasteiger charge is 2.54. The maximum atomic E-state index is 16.1. The van der Waals surface area contributed by atoms with Crippen LogP contribution in [0.1, 0.15) is 25.6 Å². The number of thiol groups is 2. The molecule has 2 unspecified atom stereocenters. The van der Waals surface area contributed by atoms with Crippen LogP contribution in [0.25, 0.3) is 22.3 Å². The van der Waals surface area contributed by atoms with Gasteiger partial charge in [-0.25, -0.2) is 33.5 Å². The molecule has 0 aromatic carbocycles. The van der Waals surface area contributed by atoms with Gasteiger partial charge >= 0.3 is 19.2 Å². The summed E-state index contributed by atoms with van der Waals surface area (Å²) in [6, 6.07) is -0.635. The smallest absolute Gasteiger partial charge is 0.382 e. The molecule has 2 aliphatic heterocycles. The van der Waals surface area contributed by atoms with Crippen LogP contribution in [0.5, 0.6) is 0 Å². The van der Waals surface area contributed by atoms with E-state index in [0.29, 0.717) is 5.65 Å². The molecular formula is C22H26FN9O8P2S2. The molecule has 3 fully saturated rings. The average molecular weight is 690 g/mol. The molecule has 6 heterocycles. The second kappa shape index (κ2) is 10.8. The van der Waals surface area contributed by atoms with Crippen LogP contribution in [0.4, 0.5) is 10.2 Å². The van der Waals surface area contributed by atoms with Gasteiger partial charge in [0, 0.05) is 13.0 Å². The summed E-state index contributed by atoms with van der Waals surface area (Å²) in [5.74, 6) is -0.490. The number of hydrogen-bond donors (Lipinski definition) is 3. The SMILES string of the molecule is C[C@H]1[C@H]2OP(=O)(S)OC[C@H]3O[C@@H](n4cnc5c(N)ncnc54)[C@H](F)[C@@H]3OP(=O)(S)O[C@H]1C[C@H]2n1cnc2c(=O)ncn(C)c21. The molecular weight excluding hydrogens is 663 g/mol. The van der Waals surface area contributed by atoms with Crippen molar-refractivity contribution in [1.29, 1.82) is 0 Å². The van der Waals surface area contributed by atoms with Crippen molar-refractivity contribution in [3.63, 3.8) is 0 Å². The maximum Gasteiger partial charge on any atom is 0.386 e. The number of rotatable bonds is 2. The van der Waals surface area contributed by atoms with E-state index in [-0.39, 0.29) is 28.9 Å². The molecule has 0 amide bonds. The predicted molar refractivity (Wildman–Crippen MR) is 158 cm³/mol. The topological polar surface area (TPSA) is 203 Å². The molecule has 22 heteroatoms. The number of nitrogens with zero attached hydrogens (tertiary/aromatic N) is 8. The van der Waals surface area contributed by atoms with E-state index in [4.69, 9.17) is 28.6 Å². The molecule has 17 nitrogen and oxygen atoms in total. The van der Waals surface area contributed by atoms with Crippen LogP contribution < -0.4 is 11.3 Å². The van der Waals surface area contributed by atoms with E-state index >= 15 is 4.39 Å². The second-order valence-corrected chi connectivity index (χ2v) is 16.5. The van der Waals surface area contributed by atoms with Crippen LogP contribution in [0.2, 0.25) is 0 Å². The van der Waals surface area contributed by atoms with Crippen molar-refractivity contribution in [2.45, 2.75) is 56.2 Å². The molecule has 2 N–H and O–H groups in total. The molecule has 3 aliphatic rings. The van der Waals surface area contributed by atoms with Crippen molar-refractivity contribution in [2.24, 2.45) is 13.0 Å². The first-order valence-corrected chi connectivity index (χ1v) is 18.7. The van der Waals surface area contributed by atoms with Gasteiger partial charge in [-0.1, -0.05) is 31.4 Å². The van der Waals surface area contributed by atoms with Gasteiger partial charge in [0.1, 0.15) is 36.0 Å². The Bertz CT molecular complexity index is 1930. The van der Waals surface area contributed by atoms with Gasteiger partial charge in [0.05, 0.1) is 37.5 Å². The zero-order chi connectivity index (χ0) is 31.1. The van der Waals surface area contributed by atoms with Gasteiger partial charge in [0.2, 0.25) is 0 Å². The molecule has 0 radical (unpaired) electrons. The molecule has 44 heavy (non-hydrogen) atoms. The molecule has 2 bridgehead atoms. The number of aromatic nitrogens is 8. The average Bonchev–Trinajstić information content (AvgIpc) is 3.72. The summed E-state index contributed by atoms with van der Waals surface area (Å²) in [6.45, 7) is -7.22. The summed E-state index contributed by atoms with van der Waals surface area (Å²) in [7, 11) is 1.69. The lowest BCUT2D eigenvalue weighted by atomic mass is 10.1. The number of ether oxygens (including phenoxy) is 1. The standard InChI is InChI=1S/C22H26FN9O8P2S2/c1-9-11-3-10(31-7-28-15-20(33)29-6-30(2)21(15)31)16(9)39-41(34,43)36-4-12-17(40-42(35,44)38-11)13(23)22(37-12)32-8-27-14-18(24)25-5-26-19(14)32/h5-13,16-17,22H,3-4H2,1-2H3,(H,34,43)(H,35,44)(H2,24,25,26)/t9-,10-,11+,12-,13-,16-,17-,22-,41?,42?/m1/s1. The molecule has 0 spiro atoms. The Labute approximate surface area is 258 Å². The van der Waals surface area contributed by atoms with E-state index in [9.17, 15) is 13.9 Å². The van der Waals surface area contributed by atoms with Gasteiger partial charge in [0.15, 0.2) is 29.4 Å². The first kappa shape index (κ1) is 30.3. The fourth-order valence-electron chi connectivity index (χ4n) is 6.01. The molecule has 10 atom stereocenters. The largest absolute Gasteiger partial charge is 0.386 e. The van der Waals surface area contributed by atoms with Crippen LogP contribution in [-0.4, -0.2) is 75.8 Å². The van der Waals surface area contributed by atoms with Crippen LogP contribution in [0, 0.1) is 5.92 Å². The van der Waals surface area contributed by atoms with Gasteiger partial charge < -0.3 is 19.6 Å². The highest BCUT2D eigenvalue weighted by atomic mass is 32.7. The highest BCUT2D eigenvalue weighted by molar-refractivity contribution is 8.44. The number of imidazole rings is 2. The summed E-state index contributed by atoms with van der Waals surface area (Å²) >= 11 is 8.39. The Morgan fingerprint density at radius 2 is 1.68 bits per heavy atom. The molecule has 236 valence electrons. The third-order valence-corrected chi connectivity index (χ3v) is 11.3. The Balaban J connectivity index is 1.22. The van der Waals surface area contributed by atoms with Crippen LogP contribution in [0.3, 0.4) is 0 Å². The molecule has 4 aromatic heterocycles. The van der Waals surface area contributed by atoms with Crippen molar-refractivity contribution >= 4 is 66.2 Å². The summed E-state index contributed by atoms with van der Waals surface area (Å²) in [5.41, 5.74) is 6.30. The zero-order valence-corrected chi connectivity index (χ0v) is 26.5. The van der Waals surface area contributed by atoms with Crippen LogP contribution >= 0.6 is 38.1 Å². The van der Waals surface area contributed by atoms with Gasteiger partial charge in [-0.05, 0) is 6.42 Å². The summed E-state index contributed by atoms with van der Waals surface area (Å²) in [6.07, 6.45) is -2.47. The lowest BCUT2D eigenvalue weighted by molar-refractivity contribution is -0.0445. The van der Waals surface area contributed by atoms with E-state index in [2.05, 4.69) is 49.4 Å². The van der Waals surface area contributed by atoms with E-state index < -0.39 is 74.5 Å². The van der Waals surface area contributed by atoms with Crippen molar-refractivity contribution in [2.75, 3.05) is 12.3 Å². The molecule has 1 aliphatic carbocycles. The normalized spacial score (nSPS) is 38.0. The van der Waals surface area contributed by atoms with Crippen molar-refractivity contribution < 1.29 is 36.4 Å². The fourth-order valence-corrected chi connectivity index (χ4v) is 9.50. The second-order valence-electron chi connectivity index (χ2n) is 10.8. The lowest BCUT2D eigenvalue weighted by Crippen LogP contribution is -2.35. The number of anilines is 1. The predicted octanol–water partition coefficient (Wildman–Crippen LogP) is 2.63. The van der Waals surface area contributed by atoms with Gasteiger partial charge in [-0.2, -0.15) is 4.98 Å². The van der Waals surface area contributed by atoms with Crippen molar-refractivity contribution in [3.05, 3.63) is 35.7 Å². The minimum absolute atomic E-state index is 0.0831. The van der Waals surface area contributed by atoms with Crippen molar-refractivity contribution in [3.8, 4) is 0 Å². The summed E-state index contributed by atoms with van der Waals surface area (Å²) in [4.78, 5) is 32.5. The quantitative estimate of drug-likeness (QED) is 0.205. The fraction of sp³-hybridized carbons (Fsp3) is 0.545. The van der Waals surface area contributed by atoms with Gasteiger partial charge in [-0.3, -0.25) is 27.5 Å². The Kier molecular flexibility index (Phi) is 7.46. The van der Waals surface area contributed by atoms with E-state index in [0.717, 1.165) is 0 Å². The summed E-state index contributed by atoms with van der Waals surface area (Å²) < 4.78 is 77.1. The Morgan fingerprint density at radius 1 is 0.955 bits per heavy atom. The van der Waals surface area contributed by atoms with Crippen LogP contribution in [-0.2, 0) is 39.0 Å². The third kappa shape index (κ3) is 5.09. The highest BCUT2D eigenvalue weighted by Crippen LogP contribution is 2.63. The first-order valence-electron chi connectivity index (χ1n) is 13.3. The van der Waals surface area contributed by atoms with E-state index in [1.807, 2.05) is 0 Å². The molecule has 1 saturated carbocycles. The van der Waals surface area contributed by atoms with Crippen LogP contribution in [0.15, 0.2) is 30.1 Å². The number of nitrogens with two attached hydrogens (primary N) is 1. The van der Waals surface area contributed by atoms with E-state index in [1.54, 1.807) is 23.1 Å². The maximum absolute atomic E-state index is 16.1. The first-order chi connectivity index (χ1) is 20.8. The Morgan fingerprint density at radius 3 is 2.48 bits per heavy atom. The number of hydrogen-bond acceptors (Lipinski definition) is 14. The van der Waals surface area contributed by atoms with E-state index in [1.165, 1.54) is 29.9 Å². The number of aryl methyl sites for hydroxylation is 1. The zero-order valence-electron chi connectivity index (χ0n) is 22.9. The number of fused-ring (bicyclic) bond motifs is 5. The van der Waals surface area contributed by atoms with Crippen molar-refractivity contribution in [1.82, 2.24) is 38.6 Å². The Hall–Kier alpha value is -2.41. The summed E-state index contributed by atoms with van der Waals surface area (Å²) in [5, 5.41) is 0. The number of nitrogen functional groups attached to an aromatic ring is 1. The third-order valence-electron chi connectivity index (χ3n) is 8.08. The molecule has 2 saturated heterocycles. The van der Waals surface area contributed by atoms with Gasteiger partial charge in [0.25, 0.3) is 0 Å². The lowest BCUT2D eigenvalue weighted by Gasteiger charge is -2.30. The molecule has 4 aromatic rings. The number of alkyl halides is 1. The van der Waals surface area contributed by atoms with Gasteiger partial charge in [-0.15, -0.1) is 0 Å².